The first-order valence-electron chi connectivity index (χ1n) is 8.04. The molecule has 2 aromatic carbocycles. The molecule has 0 bridgehead atoms. The van der Waals surface area contributed by atoms with Crippen LogP contribution in [0, 0.1) is 0 Å². The Morgan fingerprint density at radius 3 is 2.55 bits per heavy atom. The molecule has 1 aromatic heterocycles. The van der Waals surface area contributed by atoms with Crippen LogP contribution in [0.1, 0.15) is 16.3 Å². The third-order valence-electron chi connectivity index (χ3n) is 3.58. The van der Waals surface area contributed by atoms with Crippen molar-refractivity contribution >= 4 is 46.4 Å². The molecule has 10 heteroatoms. The van der Waals surface area contributed by atoms with E-state index in [0.717, 1.165) is 0 Å². The van der Waals surface area contributed by atoms with E-state index in [4.69, 9.17) is 44.0 Å². The first kappa shape index (κ1) is 21.2. The number of hydrogen-bond donors (Lipinski definition) is 1. The summed E-state index contributed by atoms with van der Waals surface area (Å²) in [5.41, 5.74) is 0.279. The minimum atomic E-state index is -3.00. The summed E-state index contributed by atoms with van der Waals surface area (Å²) in [6.07, 6.45) is 0. The highest BCUT2D eigenvalue weighted by Crippen LogP contribution is 2.32. The van der Waals surface area contributed by atoms with Gasteiger partial charge in [-0.2, -0.15) is 8.78 Å². The van der Waals surface area contributed by atoms with Crippen molar-refractivity contribution in [3.8, 4) is 11.5 Å². The predicted octanol–water partition coefficient (Wildman–Crippen LogP) is 6.67. The molecular formula is C19H12Cl3F2NO4. The van der Waals surface area contributed by atoms with Crippen molar-refractivity contribution in [2.45, 2.75) is 13.2 Å². The van der Waals surface area contributed by atoms with Gasteiger partial charge in [0, 0.05) is 5.69 Å². The van der Waals surface area contributed by atoms with Gasteiger partial charge in [0.15, 0.2) is 5.76 Å². The molecule has 0 aliphatic heterocycles. The van der Waals surface area contributed by atoms with Gasteiger partial charge in [-0.05, 0) is 42.5 Å². The molecular weight excluding hydrogens is 451 g/mol. The number of alkyl halides is 2. The fourth-order valence-corrected chi connectivity index (χ4v) is 2.86. The summed E-state index contributed by atoms with van der Waals surface area (Å²) >= 11 is 17.8. The van der Waals surface area contributed by atoms with Crippen LogP contribution in [0.25, 0.3) is 0 Å². The van der Waals surface area contributed by atoms with Crippen molar-refractivity contribution in [1.29, 1.82) is 0 Å². The molecule has 0 aliphatic rings. The highest BCUT2D eigenvalue weighted by Gasteiger charge is 2.15. The van der Waals surface area contributed by atoms with Gasteiger partial charge in [-0.1, -0.05) is 40.9 Å². The lowest BCUT2D eigenvalue weighted by Crippen LogP contribution is -2.11. The molecule has 1 amide bonds. The monoisotopic (exact) mass is 461 g/mol. The Kier molecular flexibility index (Phi) is 6.84. The Balaban J connectivity index is 1.62. The highest BCUT2D eigenvalue weighted by molar-refractivity contribution is 6.42. The zero-order valence-corrected chi connectivity index (χ0v) is 16.7. The van der Waals surface area contributed by atoms with Crippen molar-refractivity contribution in [2.75, 3.05) is 5.32 Å². The van der Waals surface area contributed by atoms with Crippen LogP contribution in [0.3, 0.4) is 0 Å². The molecule has 0 spiro atoms. The molecule has 3 aromatic rings. The van der Waals surface area contributed by atoms with Gasteiger partial charge in [0.05, 0.1) is 10.0 Å². The van der Waals surface area contributed by atoms with Crippen molar-refractivity contribution in [2.24, 2.45) is 0 Å². The minimum absolute atomic E-state index is 0.0184. The van der Waals surface area contributed by atoms with Gasteiger partial charge < -0.3 is 19.2 Å². The number of rotatable bonds is 7. The van der Waals surface area contributed by atoms with Gasteiger partial charge in [0.2, 0.25) is 0 Å². The average molecular weight is 463 g/mol. The van der Waals surface area contributed by atoms with E-state index < -0.39 is 12.5 Å². The van der Waals surface area contributed by atoms with Crippen molar-refractivity contribution in [3.05, 3.63) is 75.1 Å². The van der Waals surface area contributed by atoms with Gasteiger partial charge in [0.25, 0.3) is 5.91 Å². The Labute approximate surface area is 179 Å². The lowest BCUT2D eigenvalue weighted by molar-refractivity contribution is -0.0497. The molecule has 0 unspecified atom stereocenters. The van der Waals surface area contributed by atoms with Crippen molar-refractivity contribution in [1.82, 2.24) is 0 Å². The first-order valence-corrected chi connectivity index (χ1v) is 9.18. The largest absolute Gasteiger partial charge is 0.484 e. The molecule has 0 aliphatic carbocycles. The molecule has 1 heterocycles. The van der Waals surface area contributed by atoms with Gasteiger partial charge >= 0.3 is 6.61 Å². The number of benzene rings is 2. The predicted molar refractivity (Wildman–Crippen MR) is 106 cm³/mol. The molecule has 3 rings (SSSR count). The van der Waals surface area contributed by atoms with Crippen LogP contribution in [0.4, 0.5) is 14.5 Å². The second-order valence-electron chi connectivity index (χ2n) is 5.58. The Morgan fingerprint density at radius 1 is 1.03 bits per heavy atom. The number of amides is 1. The zero-order chi connectivity index (χ0) is 21.0. The molecule has 0 radical (unpaired) electrons. The third-order valence-corrected chi connectivity index (χ3v) is 4.67. The van der Waals surface area contributed by atoms with Crippen molar-refractivity contribution < 1.29 is 27.5 Å². The molecule has 0 saturated heterocycles. The lowest BCUT2D eigenvalue weighted by Gasteiger charge is -2.09. The average Bonchev–Trinajstić information content (AvgIpc) is 3.14. The highest BCUT2D eigenvalue weighted by atomic mass is 35.5. The van der Waals surface area contributed by atoms with E-state index in [-0.39, 0.29) is 33.8 Å². The maximum atomic E-state index is 12.3. The van der Waals surface area contributed by atoms with Crippen LogP contribution in [-0.2, 0) is 6.61 Å². The van der Waals surface area contributed by atoms with Gasteiger partial charge in [0.1, 0.15) is 28.9 Å². The normalized spacial score (nSPS) is 10.8. The maximum Gasteiger partial charge on any atom is 0.387 e. The standard InChI is InChI=1S/C19H12Cl3F2NO4/c20-12-2-1-3-15(17(12)22)27-9-11-5-7-16(28-11)18(26)25-10-4-6-14(13(21)8-10)29-19(23)24/h1-8,19H,9H2,(H,25,26). The van der Waals surface area contributed by atoms with Crippen LogP contribution in [-0.4, -0.2) is 12.5 Å². The number of carbonyl (C=O) groups excluding carboxylic acids is 1. The minimum Gasteiger partial charge on any atom is -0.484 e. The molecule has 5 nitrogen and oxygen atoms in total. The van der Waals surface area contributed by atoms with E-state index in [1.54, 1.807) is 24.3 Å². The van der Waals surface area contributed by atoms with Crippen LogP contribution >= 0.6 is 34.8 Å². The number of ether oxygens (including phenoxy) is 2. The second kappa shape index (κ2) is 9.35. The second-order valence-corrected chi connectivity index (χ2v) is 6.78. The number of nitrogens with one attached hydrogen (secondary N) is 1. The number of furan rings is 1. The van der Waals surface area contributed by atoms with Gasteiger partial charge in [-0.15, -0.1) is 0 Å². The van der Waals surface area contributed by atoms with E-state index in [9.17, 15) is 13.6 Å². The van der Waals surface area contributed by atoms with Crippen LogP contribution in [0.2, 0.25) is 15.1 Å². The molecule has 152 valence electrons. The van der Waals surface area contributed by atoms with Crippen LogP contribution < -0.4 is 14.8 Å². The molecule has 0 fully saturated rings. The summed E-state index contributed by atoms with van der Waals surface area (Å²) in [7, 11) is 0. The zero-order valence-electron chi connectivity index (χ0n) is 14.4. The Bertz CT molecular complexity index is 1030. The SMILES string of the molecule is O=C(Nc1ccc(OC(F)F)c(Cl)c1)c1ccc(COc2cccc(Cl)c2Cl)o1. The summed E-state index contributed by atoms with van der Waals surface area (Å²) in [5.74, 6) is 0.0180. The lowest BCUT2D eigenvalue weighted by atomic mass is 10.3. The van der Waals surface area contributed by atoms with Gasteiger partial charge in [-0.25, -0.2) is 0 Å². The number of carbonyl (C=O) groups is 1. The summed E-state index contributed by atoms with van der Waals surface area (Å²) in [6.45, 7) is -2.97. The third kappa shape index (κ3) is 5.53. The summed E-state index contributed by atoms with van der Waals surface area (Å²) in [6, 6.07) is 11.9. The molecule has 0 saturated carbocycles. The van der Waals surface area contributed by atoms with E-state index in [1.807, 2.05) is 0 Å². The fraction of sp³-hybridized carbons (Fsp3) is 0.105. The first-order chi connectivity index (χ1) is 13.8. The van der Waals surface area contributed by atoms with E-state index in [2.05, 4.69) is 10.1 Å². The van der Waals surface area contributed by atoms with E-state index in [0.29, 0.717) is 16.5 Å². The number of halogens is 5. The summed E-state index contributed by atoms with van der Waals surface area (Å²) in [4.78, 5) is 12.3. The summed E-state index contributed by atoms with van der Waals surface area (Å²) in [5, 5.41) is 3.10. The van der Waals surface area contributed by atoms with Crippen LogP contribution in [0.15, 0.2) is 52.9 Å². The number of anilines is 1. The quantitative estimate of drug-likeness (QED) is 0.426. The molecule has 1 N–H and O–H groups in total. The molecule has 29 heavy (non-hydrogen) atoms. The maximum absolute atomic E-state index is 12.3. The van der Waals surface area contributed by atoms with Crippen molar-refractivity contribution in [3.63, 3.8) is 0 Å². The summed E-state index contributed by atoms with van der Waals surface area (Å²) < 4.78 is 39.8. The fourth-order valence-electron chi connectivity index (χ4n) is 2.28. The number of hydrogen-bond acceptors (Lipinski definition) is 4. The van der Waals surface area contributed by atoms with E-state index >= 15 is 0 Å². The topological polar surface area (TPSA) is 60.7 Å². The van der Waals surface area contributed by atoms with Gasteiger partial charge in [-0.3, -0.25) is 4.79 Å². The Hall–Kier alpha value is -2.48. The smallest absolute Gasteiger partial charge is 0.387 e. The molecule has 0 atom stereocenters. The van der Waals surface area contributed by atoms with E-state index in [1.165, 1.54) is 24.3 Å². The Morgan fingerprint density at radius 2 is 1.83 bits per heavy atom. The van der Waals surface area contributed by atoms with Crippen LogP contribution in [0.5, 0.6) is 11.5 Å².